The highest BCUT2D eigenvalue weighted by atomic mass is 32.2. The van der Waals surface area contributed by atoms with Gasteiger partial charge < -0.3 is 14.4 Å². The summed E-state index contributed by atoms with van der Waals surface area (Å²) in [4.78, 5) is 14.7. The molecule has 3 rings (SSSR count). The molecule has 1 amide bonds. The van der Waals surface area contributed by atoms with Gasteiger partial charge in [0.2, 0.25) is 15.9 Å². The largest absolute Gasteiger partial charge is 0.490 e. The zero-order chi connectivity index (χ0) is 23.0. The highest BCUT2D eigenvalue weighted by molar-refractivity contribution is 7.89. The topological polar surface area (TPSA) is 76.2 Å². The van der Waals surface area contributed by atoms with Crippen LogP contribution in [-0.4, -0.2) is 62.9 Å². The monoisotopic (exact) mass is 460 g/mol. The van der Waals surface area contributed by atoms with E-state index < -0.39 is 10.0 Å². The van der Waals surface area contributed by atoms with E-state index in [-0.39, 0.29) is 5.91 Å². The second-order valence-electron chi connectivity index (χ2n) is 7.78. The molecule has 1 fully saturated rings. The van der Waals surface area contributed by atoms with Gasteiger partial charge in [0.25, 0.3) is 0 Å². The van der Waals surface area contributed by atoms with E-state index in [0.29, 0.717) is 75.0 Å². The minimum absolute atomic E-state index is 0.0290. The first kappa shape index (κ1) is 24.1. The Hall–Kier alpha value is -2.58. The van der Waals surface area contributed by atoms with Crippen LogP contribution in [0.15, 0.2) is 53.4 Å². The molecule has 174 valence electrons. The molecule has 1 heterocycles. The van der Waals surface area contributed by atoms with Crippen LogP contribution >= 0.6 is 0 Å². The molecule has 0 aliphatic carbocycles. The Bertz CT molecular complexity index is 992. The van der Waals surface area contributed by atoms with Crippen LogP contribution < -0.4 is 9.47 Å². The molecule has 1 saturated heterocycles. The van der Waals surface area contributed by atoms with Crippen molar-refractivity contribution < 1.29 is 22.7 Å². The number of nitrogens with zero attached hydrogens (tertiary/aromatic N) is 2. The summed E-state index contributed by atoms with van der Waals surface area (Å²) in [5.74, 6) is 1.40. The van der Waals surface area contributed by atoms with Gasteiger partial charge >= 0.3 is 0 Å². The van der Waals surface area contributed by atoms with Crippen molar-refractivity contribution in [2.75, 3.05) is 39.4 Å². The van der Waals surface area contributed by atoms with E-state index in [2.05, 4.69) is 0 Å². The number of sulfonamides is 1. The number of aryl methyl sites for hydroxylation is 1. The summed E-state index contributed by atoms with van der Waals surface area (Å²) in [6.07, 6.45) is 1.57. The number of ether oxygens (including phenoxy) is 2. The van der Waals surface area contributed by atoms with E-state index in [1.165, 1.54) is 4.31 Å². The van der Waals surface area contributed by atoms with Gasteiger partial charge in [-0.3, -0.25) is 4.79 Å². The van der Waals surface area contributed by atoms with Crippen molar-refractivity contribution in [2.45, 2.75) is 38.0 Å². The Morgan fingerprint density at radius 3 is 2.31 bits per heavy atom. The average molecular weight is 461 g/mol. The van der Waals surface area contributed by atoms with Gasteiger partial charge in [-0.05, 0) is 51.0 Å². The summed E-state index contributed by atoms with van der Waals surface area (Å²) < 4.78 is 38.7. The zero-order valence-electron chi connectivity index (χ0n) is 18.8. The van der Waals surface area contributed by atoms with Crippen LogP contribution in [0.3, 0.4) is 0 Å². The van der Waals surface area contributed by atoms with Gasteiger partial charge in [0.15, 0.2) is 11.5 Å². The number of rotatable bonds is 9. The van der Waals surface area contributed by atoms with Crippen LogP contribution in [0.1, 0.15) is 31.7 Å². The summed E-state index contributed by atoms with van der Waals surface area (Å²) in [7, 11) is -3.55. The van der Waals surface area contributed by atoms with Crippen LogP contribution in [0.25, 0.3) is 0 Å². The molecule has 0 bridgehead atoms. The molecule has 0 radical (unpaired) electrons. The van der Waals surface area contributed by atoms with E-state index in [1.807, 2.05) is 38.1 Å². The predicted molar refractivity (Wildman–Crippen MR) is 123 cm³/mol. The van der Waals surface area contributed by atoms with Crippen LogP contribution in [-0.2, 0) is 14.8 Å². The summed E-state index contributed by atoms with van der Waals surface area (Å²) in [5.41, 5.74) is 1.02. The number of benzene rings is 2. The summed E-state index contributed by atoms with van der Waals surface area (Å²) >= 11 is 0. The predicted octanol–water partition coefficient (Wildman–Crippen LogP) is 3.48. The van der Waals surface area contributed by atoms with Crippen molar-refractivity contribution in [1.29, 1.82) is 0 Å². The first-order valence-electron chi connectivity index (χ1n) is 11.1. The van der Waals surface area contributed by atoms with Crippen molar-refractivity contribution in [2.24, 2.45) is 0 Å². The molecule has 0 aromatic heterocycles. The lowest BCUT2D eigenvalue weighted by Crippen LogP contribution is -2.37. The smallest absolute Gasteiger partial charge is 0.243 e. The second-order valence-corrected chi connectivity index (χ2v) is 9.72. The van der Waals surface area contributed by atoms with Gasteiger partial charge in [-0.15, -0.1) is 0 Å². The van der Waals surface area contributed by atoms with Crippen molar-refractivity contribution in [1.82, 2.24) is 9.21 Å². The molecule has 8 heteroatoms. The Labute approximate surface area is 191 Å². The molecule has 0 unspecified atom stereocenters. The maximum Gasteiger partial charge on any atom is 0.243 e. The molecule has 32 heavy (non-hydrogen) atoms. The molecule has 0 atom stereocenters. The van der Waals surface area contributed by atoms with Crippen molar-refractivity contribution in [3.05, 3.63) is 54.1 Å². The Kier molecular flexibility index (Phi) is 8.53. The maximum absolute atomic E-state index is 12.9. The maximum atomic E-state index is 12.9. The van der Waals surface area contributed by atoms with E-state index in [0.717, 1.165) is 5.56 Å². The first-order valence-corrected chi connectivity index (χ1v) is 12.5. The number of para-hydroxylation sites is 2. The Morgan fingerprint density at radius 1 is 0.938 bits per heavy atom. The van der Waals surface area contributed by atoms with Crippen LogP contribution in [0.2, 0.25) is 0 Å². The van der Waals surface area contributed by atoms with E-state index in [9.17, 15) is 13.2 Å². The molecule has 2 aromatic rings. The number of hydrogen-bond acceptors (Lipinski definition) is 5. The standard InChI is InChI=1S/C24H32N2O5S/c1-3-30-22-8-4-5-9-23(22)31-19-6-10-24(27)25-15-7-16-26(18-17-25)32(28,29)21-13-11-20(2)12-14-21/h4-5,8-9,11-14H,3,6-7,10,15-19H2,1-2H3. The van der Waals surface area contributed by atoms with Crippen molar-refractivity contribution in [3.63, 3.8) is 0 Å². The number of hydrogen-bond donors (Lipinski definition) is 0. The van der Waals surface area contributed by atoms with Gasteiger partial charge in [0.05, 0.1) is 18.1 Å². The zero-order valence-corrected chi connectivity index (χ0v) is 19.6. The van der Waals surface area contributed by atoms with Gasteiger partial charge in [-0.25, -0.2) is 8.42 Å². The summed E-state index contributed by atoms with van der Waals surface area (Å²) in [6, 6.07) is 14.4. The quantitative estimate of drug-likeness (QED) is 0.536. The highest BCUT2D eigenvalue weighted by Crippen LogP contribution is 2.26. The van der Waals surface area contributed by atoms with Crippen LogP contribution in [0.5, 0.6) is 11.5 Å². The van der Waals surface area contributed by atoms with Gasteiger partial charge in [0, 0.05) is 32.6 Å². The van der Waals surface area contributed by atoms with E-state index in [1.54, 1.807) is 29.2 Å². The number of carbonyl (C=O) groups excluding carboxylic acids is 1. The van der Waals surface area contributed by atoms with Gasteiger partial charge in [0.1, 0.15) is 0 Å². The fraction of sp³-hybridized carbons (Fsp3) is 0.458. The number of amides is 1. The lowest BCUT2D eigenvalue weighted by Gasteiger charge is -2.22. The molecule has 0 N–H and O–H groups in total. The minimum atomic E-state index is -3.55. The van der Waals surface area contributed by atoms with Gasteiger partial charge in [-0.2, -0.15) is 4.31 Å². The third-order valence-electron chi connectivity index (χ3n) is 5.41. The molecule has 0 saturated carbocycles. The van der Waals surface area contributed by atoms with Crippen LogP contribution in [0.4, 0.5) is 0 Å². The normalized spacial score (nSPS) is 15.2. The van der Waals surface area contributed by atoms with E-state index in [4.69, 9.17) is 9.47 Å². The van der Waals surface area contributed by atoms with Crippen molar-refractivity contribution in [3.8, 4) is 11.5 Å². The fourth-order valence-corrected chi connectivity index (χ4v) is 5.12. The van der Waals surface area contributed by atoms with Crippen molar-refractivity contribution >= 4 is 15.9 Å². The lowest BCUT2D eigenvalue weighted by molar-refractivity contribution is -0.131. The summed E-state index contributed by atoms with van der Waals surface area (Å²) in [5, 5.41) is 0. The van der Waals surface area contributed by atoms with E-state index >= 15 is 0 Å². The van der Waals surface area contributed by atoms with Gasteiger partial charge in [-0.1, -0.05) is 29.8 Å². The second kappa shape index (κ2) is 11.3. The molecule has 2 aromatic carbocycles. The fourth-order valence-electron chi connectivity index (χ4n) is 3.65. The molecular formula is C24H32N2O5S. The first-order chi connectivity index (χ1) is 15.4. The third kappa shape index (κ3) is 6.23. The molecule has 1 aliphatic heterocycles. The Morgan fingerprint density at radius 2 is 1.62 bits per heavy atom. The lowest BCUT2D eigenvalue weighted by atomic mass is 10.2. The molecule has 1 aliphatic rings. The highest BCUT2D eigenvalue weighted by Gasteiger charge is 2.28. The number of carbonyl (C=O) groups is 1. The van der Waals surface area contributed by atoms with Crippen LogP contribution in [0, 0.1) is 6.92 Å². The molecule has 7 nitrogen and oxygen atoms in total. The minimum Gasteiger partial charge on any atom is -0.490 e. The third-order valence-corrected chi connectivity index (χ3v) is 7.32. The molecular weight excluding hydrogens is 428 g/mol. The Balaban J connectivity index is 1.48. The summed E-state index contributed by atoms with van der Waals surface area (Å²) in [6.45, 7) is 6.50. The average Bonchev–Trinajstić information content (AvgIpc) is 3.05. The molecule has 0 spiro atoms. The SMILES string of the molecule is CCOc1ccccc1OCCCC(=O)N1CCCN(S(=O)(=O)c2ccc(C)cc2)CC1.